The summed E-state index contributed by atoms with van der Waals surface area (Å²) in [5.74, 6) is -2.29. The Morgan fingerprint density at radius 2 is 1.83 bits per heavy atom. The van der Waals surface area contributed by atoms with Gasteiger partial charge in [0.15, 0.2) is 0 Å². The molecule has 0 saturated carbocycles. The van der Waals surface area contributed by atoms with Gasteiger partial charge in [-0.1, -0.05) is 6.07 Å². The van der Waals surface area contributed by atoms with Crippen molar-refractivity contribution in [3.05, 3.63) is 59.7 Å². The zero-order valence-electron chi connectivity index (χ0n) is 12.4. The van der Waals surface area contributed by atoms with Crippen molar-refractivity contribution in [2.75, 3.05) is 22.9 Å². The van der Waals surface area contributed by atoms with E-state index in [1.165, 1.54) is 31.3 Å². The molecule has 2 aromatic rings. The van der Waals surface area contributed by atoms with Gasteiger partial charge in [0, 0.05) is 18.7 Å². The number of halogens is 2. The van der Waals surface area contributed by atoms with Crippen LogP contribution in [0.15, 0.2) is 42.5 Å². The molecule has 0 unspecified atom stereocenters. The lowest BCUT2D eigenvalue weighted by atomic mass is 10.2. The first-order chi connectivity index (χ1) is 10.7. The smallest absolute Gasteiger partial charge is 0.255 e. The van der Waals surface area contributed by atoms with Crippen LogP contribution in [-0.4, -0.2) is 27.6 Å². The van der Waals surface area contributed by atoms with Gasteiger partial charge in [-0.15, -0.1) is 0 Å². The summed E-state index contributed by atoms with van der Waals surface area (Å²) >= 11 is 0. The summed E-state index contributed by atoms with van der Waals surface area (Å²) in [7, 11) is -2.12. The van der Waals surface area contributed by atoms with E-state index in [1.807, 2.05) is 0 Å². The van der Waals surface area contributed by atoms with Gasteiger partial charge in [0.1, 0.15) is 11.6 Å². The highest BCUT2D eigenvalue weighted by Gasteiger charge is 2.15. The summed E-state index contributed by atoms with van der Waals surface area (Å²) in [6, 6.07) is 8.63. The summed E-state index contributed by atoms with van der Waals surface area (Å²) in [5.41, 5.74) is 0.264. The molecule has 0 bridgehead atoms. The molecule has 0 aliphatic rings. The first-order valence-corrected chi connectivity index (χ1v) is 8.33. The lowest BCUT2D eigenvalue weighted by molar-refractivity contribution is 0.102. The third kappa shape index (κ3) is 4.04. The van der Waals surface area contributed by atoms with Gasteiger partial charge in [0.05, 0.1) is 17.6 Å². The minimum absolute atomic E-state index is 0.140. The maximum absolute atomic E-state index is 13.5. The van der Waals surface area contributed by atoms with Crippen LogP contribution in [0.3, 0.4) is 0 Å². The average Bonchev–Trinajstić information content (AvgIpc) is 2.48. The Hall–Kier alpha value is -2.48. The van der Waals surface area contributed by atoms with Crippen LogP contribution >= 0.6 is 0 Å². The van der Waals surface area contributed by atoms with Crippen LogP contribution in [0.25, 0.3) is 0 Å². The van der Waals surface area contributed by atoms with E-state index in [9.17, 15) is 22.0 Å². The normalized spacial score (nSPS) is 11.1. The van der Waals surface area contributed by atoms with Crippen molar-refractivity contribution in [3.63, 3.8) is 0 Å². The molecule has 0 aliphatic carbocycles. The Morgan fingerprint density at radius 1 is 1.13 bits per heavy atom. The minimum atomic E-state index is -3.47. The average molecular weight is 340 g/mol. The molecule has 0 heterocycles. The SMILES string of the molecule is CN(c1cccc(C(=O)Nc2ccc(F)cc2F)c1)S(C)(=O)=O. The summed E-state index contributed by atoms with van der Waals surface area (Å²) in [6.07, 6.45) is 1.04. The number of carbonyl (C=O) groups excluding carboxylic acids is 1. The van der Waals surface area contributed by atoms with E-state index in [1.54, 1.807) is 0 Å². The molecule has 0 fully saturated rings. The van der Waals surface area contributed by atoms with Crippen molar-refractivity contribution in [2.24, 2.45) is 0 Å². The molecule has 0 spiro atoms. The van der Waals surface area contributed by atoms with Gasteiger partial charge in [-0.3, -0.25) is 9.10 Å². The molecule has 0 atom stereocenters. The van der Waals surface area contributed by atoms with Crippen LogP contribution in [0.4, 0.5) is 20.2 Å². The number of sulfonamides is 1. The largest absolute Gasteiger partial charge is 0.319 e. The molecule has 2 rings (SSSR count). The fraction of sp³-hybridized carbons (Fsp3) is 0.133. The van der Waals surface area contributed by atoms with Crippen LogP contribution in [0, 0.1) is 11.6 Å². The lowest BCUT2D eigenvalue weighted by Crippen LogP contribution is -2.25. The molecule has 5 nitrogen and oxygen atoms in total. The first-order valence-electron chi connectivity index (χ1n) is 6.49. The lowest BCUT2D eigenvalue weighted by Gasteiger charge is -2.17. The van der Waals surface area contributed by atoms with Crippen molar-refractivity contribution in [2.45, 2.75) is 0 Å². The number of amides is 1. The molecule has 0 aliphatic heterocycles. The minimum Gasteiger partial charge on any atom is -0.319 e. The molecule has 122 valence electrons. The van der Waals surface area contributed by atoms with E-state index in [0.717, 1.165) is 22.7 Å². The van der Waals surface area contributed by atoms with E-state index in [4.69, 9.17) is 0 Å². The first kappa shape index (κ1) is 16.9. The van der Waals surface area contributed by atoms with Crippen LogP contribution in [-0.2, 0) is 10.0 Å². The summed E-state index contributed by atoms with van der Waals surface area (Å²) in [5, 5.41) is 2.31. The van der Waals surface area contributed by atoms with E-state index in [0.29, 0.717) is 11.8 Å². The summed E-state index contributed by atoms with van der Waals surface area (Å²) < 4.78 is 50.5. The van der Waals surface area contributed by atoms with E-state index >= 15 is 0 Å². The Kier molecular flexibility index (Phi) is 4.65. The van der Waals surface area contributed by atoms with Crippen molar-refractivity contribution in [1.82, 2.24) is 0 Å². The van der Waals surface area contributed by atoms with Gasteiger partial charge < -0.3 is 5.32 Å². The fourth-order valence-corrected chi connectivity index (χ4v) is 2.32. The van der Waals surface area contributed by atoms with Crippen molar-refractivity contribution < 1.29 is 22.0 Å². The Balaban J connectivity index is 2.26. The molecule has 0 radical (unpaired) electrons. The second kappa shape index (κ2) is 6.33. The number of benzene rings is 2. The van der Waals surface area contributed by atoms with Gasteiger partial charge in [-0.05, 0) is 30.3 Å². The topological polar surface area (TPSA) is 66.5 Å². The van der Waals surface area contributed by atoms with Gasteiger partial charge >= 0.3 is 0 Å². The van der Waals surface area contributed by atoms with E-state index in [2.05, 4.69) is 5.32 Å². The van der Waals surface area contributed by atoms with Crippen molar-refractivity contribution in [1.29, 1.82) is 0 Å². The van der Waals surface area contributed by atoms with Gasteiger partial charge in [-0.25, -0.2) is 17.2 Å². The molecule has 8 heteroatoms. The number of anilines is 2. The maximum atomic E-state index is 13.5. The third-order valence-corrected chi connectivity index (χ3v) is 4.35. The quantitative estimate of drug-likeness (QED) is 0.930. The van der Waals surface area contributed by atoms with Crippen LogP contribution in [0.1, 0.15) is 10.4 Å². The molecular weight excluding hydrogens is 326 g/mol. The molecule has 1 N–H and O–H groups in total. The third-order valence-electron chi connectivity index (χ3n) is 3.15. The Labute approximate surface area is 132 Å². The molecule has 0 saturated heterocycles. The van der Waals surface area contributed by atoms with E-state index in [-0.39, 0.29) is 11.3 Å². The number of hydrogen-bond donors (Lipinski definition) is 1. The Morgan fingerprint density at radius 3 is 2.43 bits per heavy atom. The molecule has 2 aromatic carbocycles. The standard InChI is InChI=1S/C15H14F2N2O3S/c1-19(23(2,21)22)12-5-3-4-10(8-12)15(20)18-14-7-6-11(16)9-13(14)17/h3-9H,1-2H3,(H,18,20). The maximum Gasteiger partial charge on any atom is 0.255 e. The van der Waals surface area contributed by atoms with Gasteiger partial charge in [0.2, 0.25) is 10.0 Å². The predicted molar refractivity (Wildman–Crippen MR) is 84.0 cm³/mol. The number of rotatable bonds is 4. The highest BCUT2D eigenvalue weighted by Crippen LogP contribution is 2.20. The van der Waals surface area contributed by atoms with Crippen LogP contribution in [0.5, 0.6) is 0 Å². The highest BCUT2D eigenvalue weighted by molar-refractivity contribution is 7.92. The van der Waals surface area contributed by atoms with Crippen molar-refractivity contribution in [3.8, 4) is 0 Å². The van der Waals surface area contributed by atoms with Crippen LogP contribution < -0.4 is 9.62 Å². The monoisotopic (exact) mass is 340 g/mol. The predicted octanol–water partition coefficient (Wildman–Crippen LogP) is 2.61. The van der Waals surface area contributed by atoms with Crippen molar-refractivity contribution >= 4 is 27.3 Å². The number of nitrogens with zero attached hydrogens (tertiary/aromatic N) is 1. The Bertz CT molecular complexity index is 854. The molecule has 23 heavy (non-hydrogen) atoms. The zero-order valence-corrected chi connectivity index (χ0v) is 13.2. The fourth-order valence-electron chi connectivity index (χ4n) is 1.82. The summed E-state index contributed by atoms with van der Waals surface area (Å²) in [6.45, 7) is 0. The summed E-state index contributed by atoms with van der Waals surface area (Å²) in [4.78, 5) is 12.1. The molecule has 0 aromatic heterocycles. The number of hydrogen-bond acceptors (Lipinski definition) is 3. The number of carbonyl (C=O) groups is 1. The van der Waals surface area contributed by atoms with Gasteiger partial charge in [0.25, 0.3) is 5.91 Å². The zero-order chi connectivity index (χ0) is 17.2. The van der Waals surface area contributed by atoms with E-state index < -0.39 is 27.6 Å². The molecule has 1 amide bonds. The van der Waals surface area contributed by atoms with Crippen LogP contribution in [0.2, 0.25) is 0 Å². The number of nitrogens with one attached hydrogen (secondary N) is 1. The van der Waals surface area contributed by atoms with Gasteiger partial charge in [-0.2, -0.15) is 0 Å². The highest BCUT2D eigenvalue weighted by atomic mass is 32.2. The second-order valence-electron chi connectivity index (χ2n) is 4.86. The molecular formula is C15H14F2N2O3S. The second-order valence-corrected chi connectivity index (χ2v) is 6.87.